The monoisotopic (exact) mass is 247 g/mol. The predicted octanol–water partition coefficient (Wildman–Crippen LogP) is 1.82. The molecule has 1 atom stereocenters. The van der Waals surface area contributed by atoms with E-state index in [9.17, 15) is 4.79 Å². The molecular weight excluding hydrogens is 226 g/mol. The van der Waals surface area contributed by atoms with Crippen molar-refractivity contribution in [2.45, 2.75) is 32.7 Å². The van der Waals surface area contributed by atoms with E-state index in [4.69, 9.17) is 0 Å². The number of nitrogens with one attached hydrogen (secondary N) is 1. The first-order valence-electron chi connectivity index (χ1n) is 6.43. The molecule has 1 amide bonds. The zero-order valence-corrected chi connectivity index (χ0v) is 11.3. The van der Waals surface area contributed by atoms with Crippen molar-refractivity contribution < 1.29 is 4.79 Å². The largest absolute Gasteiger partial charge is 0.309 e. The second kappa shape index (κ2) is 5.06. The molecule has 1 aromatic rings. The quantitative estimate of drug-likeness (QED) is 0.867. The van der Waals surface area contributed by atoms with E-state index in [0.29, 0.717) is 0 Å². The van der Waals surface area contributed by atoms with Crippen molar-refractivity contribution in [1.82, 2.24) is 10.3 Å². The first kappa shape index (κ1) is 13.0. The Hall–Kier alpha value is -1.42. The van der Waals surface area contributed by atoms with Crippen LogP contribution in [0.2, 0.25) is 0 Å². The molecule has 0 aliphatic carbocycles. The molecule has 1 aliphatic rings. The molecule has 2 heterocycles. The number of anilines is 1. The molecule has 4 nitrogen and oxygen atoms in total. The van der Waals surface area contributed by atoms with Gasteiger partial charge < -0.3 is 5.32 Å². The molecule has 0 saturated carbocycles. The van der Waals surface area contributed by atoms with Crippen molar-refractivity contribution in [3.8, 4) is 0 Å². The third-order valence-corrected chi connectivity index (χ3v) is 3.53. The lowest BCUT2D eigenvalue weighted by atomic mass is 9.87. The second-order valence-corrected chi connectivity index (χ2v) is 5.66. The smallest absolute Gasteiger partial charge is 0.245 e. The van der Waals surface area contributed by atoms with E-state index in [1.165, 1.54) is 0 Å². The summed E-state index contributed by atoms with van der Waals surface area (Å²) in [6.45, 7) is 5.13. The van der Waals surface area contributed by atoms with Gasteiger partial charge in [-0.2, -0.15) is 0 Å². The lowest BCUT2D eigenvalue weighted by Crippen LogP contribution is -2.45. The van der Waals surface area contributed by atoms with Crippen LogP contribution >= 0.6 is 0 Å². The molecule has 1 saturated heterocycles. The Morgan fingerprint density at radius 2 is 2.22 bits per heavy atom. The zero-order chi connectivity index (χ0) is 13.2. The van der Waals surface area contributed by atoms with E-state index in [1.807, 2.05) is 30.1 Å². The number of hydrogen-bond donors (Lipinski definition) is 1. The van der Waals surface area contributed by atoms with Crippen molar-refractivity contribution in [3.63, 3.8) is 0 Å². The third kappa shape index (κ3) is 2.70. The van der Waals surface area contributed by atoms with Gasteiger partial charge >= 0.3 is 0 Å². The van der Waals surface area contributed by atoms with Gasteiger partial charge in [-0.05, 0) is 37.4 Å². The van der Waals surface area contributed by atoms with Crippen molar-refractivity contribution in [2.75, 3.05) is 18.5 Å². The lowest BCUT2D eigenvalue weighted by Gasteiger charge is -2.29. The Morgan fingerprint density at radius 3 is 2.83 bits per heavy atom. The molecule has 0 radical (unpaired) electrons. The Morgan fingerprint density at radius 1 is 1.44 bits per heavy atom. The summed E-state index contributed by atoms with van der Waals surface area (Å²) >= 11 is 0. The van der Waals surface area contributed by atoms with Gasteiger partial charge in [0.2, 0.25) is 5.91 Å². The number of rotatable bonds is 2. The predicted molar refractivity (Wildman–Crippen MR) is 72.5 cm³/mol. The number of hydrogen-bond acceptors (Lipinski definition) is 3. The van der Waals surface area contributed by atoms with Crippen LogP contribution in [0.3, 0.4) is 0 Å². The van der Waals surface area contributed by atoms with Gasteiger partial charge in [-0.3, -0.25) is 9.69 Å². The maximum Gasteiger partial charge on any atom is 0.245 e. The summed E-state index contributed by atoms with van der Waals surface area (Å²) in [6.07, 6.45) is 3.65. The maximum atomic E-state index is 12.5. The van der Waals surface area contributed by atoms with Crippen molar-refractivity contribution in [1.29, 1.82) is 0 Å². The van der Waals surface area contributed by atoms with Gasteiger partial charge in [0, 0.05) is 12.7 Å². The van der Waals surface area contributed by atoms with Gasteiger partial charge in [-0.1, -0.05) is 19.9 Å². The van der Waals surface area contributed by atoms with E-state index in [-0.39, 0.29) is 17.4 Å². The van der Waals surface area contributed by atoms with Gasteiger partial charge in [-0.25, -0.2) is 4.98 Å². The summed E-state index contributed by atoms with van der Waals surface area (Å²) < 4.78 is 0. The summed E-state index contributed by atoms with van der Waals surface area (Å²) in [6, 6.07) is 5.58. The fourth-order valence-electron chi connectivity index (χ4n) is 2.41. The molecule has 1 fully saturated rings. The van der Waals surface area contributed by atoms with Gasteiger partial charge in [0.05, 0.1) is 6.04 Å². The van der Waals surface area contributed by atoms with Crippen LogP contribution in [0, 0.1) is 5.41 Å². The molecule has 1 N–H and O–H groups in total. The Kier molecular flexibility index (Phi) is 3.66. The number of carbonyl (C=O) groups is 1. The highest BCUT2D eigenvalue weighted by molar-refractivity contribution is 5.96. The summed E-state index contributed by atoms with van der Waals surface area (Å²) in [5.74, 6) is 0.875. The van der Waals surface area contributed by atoms with Gasteiger partial charge in [0.25, 0.3) is 0 Å². The molecule has 1 unspecified atom stereocenters. The Bertz CT molecular complexity index is 416. The average Bonchev–Trinajstić information content (AvgIpc) is 2.48. The van der Waals surface area contributed by atoms with E-state index < -0.39 is 0 Å². The molecular formula is C14H21N3O. The van der Waals surface area contributed by atoms with E-state index in [0.717, 1.165) is 25.2 Å². The summed E-state index contributed by atoms with van der Waals surface area (Å²) in [4.78, 5) is 18.6. The first-order chi connectivity index (χ1) is 8.53. The molecule has 18 heavy (non-hydrogen) atoms. The first-order valence-corrected chi connectivity index (χ1v) is 6.43. The van der Waals surface area contributed by atoms with Crippen LogP contribution in [0.1, 0.15) is 26.7 Å². The van der Waals surface area contributed by atoms with Crippen LogP contribution in [-0.2, 0) is 4.79 Å². The van der Waals surface area contributed by atoms with Crippen LogP contribution < -0.4 is 10.2 Å². The lowest BCUT2D eigenvalue weighted by molar-refractivity contribution is -0.120. The van der Waals surface area contributed by atoms with Crippen molar-refractivity contribution >= 4 is 11.7 Å². The standard InChI is InChI=1S/C14H21N3O/c1-14(2)8-7-11(15-3)13(18)17(10-14)12-6-4-5-9-16-12/h4-6,9,11,15H,7-8,10H2,1-3H3. The minimum Gasteiger partial charge on any atom is -0.309 e. The molecule has 0 bridgehead atoms. The molecule has 0 aromatic carbocycles. The number of carbonyl (C=O) groups excluding carboxylic acids is 1. The van der Waals surface area contributed by atoms with Crippen LogP contribution in [0.25, 0.3) is 0 Å². The highest BCUT2D eigenvalue weighted by Crippen LogP contribution is 2.30. The minimum absolute atomic E-state index is 0.103. The Labute approximate surface area is 108 Å². The summed E-state index contributed by atoms with van der Waals surface area (Å²) in [7, 11) is 1.84. The molecule has 0 spiro atoms. The second-order valence-electron chi connectivity index (χ2n) is 5.66. The van der Waals surface area contributed by atoms with E-state index in [2.05, 4.69) is 24.1 Å². The van der Waals surface area contributed by atoms with Gasteiger partial charge in [0.15, 0.2) is 0 Å². The molecule has 1 aliphatic heterocycles. The van der Waals surface area contributed by atoms with Gasteiger partial charge in [-0.15, -0.1) is 0 Å². The summed E-state index contributed by atoms with van der Waals surface area (Å²) in [5, 5.41) is 3.11. The third-order valence-electron chi connectivity index (χ3n) is 3.53. The zero-order valence-electron chi connectivity index (χ0n) is 11.3. The molecule has 1 aromatic heterocycles. The number of nitrogens with zero attached hydrogens (tertiary/aromatic N) is 2. The van der Waals surface area contributed by atoms with Crippen LogP contribution in [-0.4, -0.2) is 30.5 Å². The molecule has 2 rings (SSSR count). The van der Waals surface area contributed by atoms with Crippen molar-refractivity contribution in [2.24, 2.45) is 5.41 Å². The van der Waals surface area contributed by atoms with Crippen LogP contribution in [0.5, 0.6) is 0 Å². The van der Waals surface area contributed by atoms with E-state index >= 15 is 0 Å². The topological polar surface area (TPSA) is 45.2 Å². The fourth-order valence-corrected chi connectivity index (χ4v) is 2.41. The highest BCUT2D eigenvalue weighted by atomic mass is 16.2. The van der Waals surface area contributed by atoms with Gasteiger partial charge in [0.1, 0.15) is 5.82 Å². The highest BCUT2D eigenvalue weighted by Gasteiger charge is 2.35. The number of likely N-dealkylation sites (N-methyl/N-ethyl adjacent to an activating group) is 1. The van der Waals surface area contributed by atoms with E-state index in [1.54, 1.807) is 6.20 Å². The number of pyridine rings is 1. The molecule has 98 valence electrons. The van der Waals surface area contributed by atoms with Crippen LogP contribution in [0.15, 0.2) is 24.4 Å². The number of amides is 1. The maximum absolute atomic E-state index is 12.5. The minimum atomic E-state index is -0.103. The van der Waals surface area contributed by atoms with Crippen molar-refractivity contribution in [3.05, 3.63) is 24.4 Å². The fraction of sp³-hybridized carbons (Fsp3) is 0.571. The Balaban J connectivity index is 2.32. The normalized spacial score (nSPS) is 23.8. The SMILES string of the molecule is CNC1CCC(C)(C)CN(c2ccccn2)C1=O. The molecule has 4 heteroatoms. The average molecular weight is 247 g/mol. The van der Waals surface area contributed by atoms with Crippen LogP contribution in [0.4, 0.5) is 5.82 Å². The number of aromatic nitrogens is 1. The summed E-state index contributed by atoms with van der Waals surface area (Å²) in [5.41, 5.74) is 0.124.